The minimum Gasteiger partial charge on any atom is -0.312 e. The highest BCUT2D eigenvalue weighted by atomic mass is 32.2. The van der Waals surface area contributed by atoms with Gasteiger partial charge in [-0.15, -0.1) is 0 Å². The van der Waals surface area contributed by atoms with Crippen LogP contribution in [0.25, 0.3) is 0 Å². The van der Waals surface area contributed by atoms with Crippen LogP contribution in [-0.2, 0) is 21.2 Å². The Labute approximate surface area is 144 Å². The predicted molar refractivity (Wildman–Crippen MR) is 94.5 cm³/mol. The molecule has 6 heteroatoms. The van der Waals surface area contributed by atoms with E-state index >= 15 is 0 Å². The Bertz CT molecular complexity index is 745. The van der Waals surface area contributed by atoms with Crippen LogP contribution in [0.2, 0.25) is 0 Å². The molecule has 1 amide bonds. The first kappa shape index (κ1) is 17.4. The van der Waals surface area contributed by atoms with Gasteiger partial charge in [0.1, 0.15) is 0 Å². The van der Waals surface area contributed by atoms with Crippen LogP contribution in [0.1, 0.15) is 45.6 Å². The molecule has 1 aliphatic carbocycles. The summed E-state index contributed by atoms with van der Waals surface area (Å²) in [4.78, 5) is 13.6. The minimum absolute atomic E-state index is 0.000669. The van der Waals surface area contributed by atoms with Gasteiger partial charge in [0.05, 0.1) is 4.90 Å². The number of hydrogen-bond acceptors (Lipinski definition) is 3. The molecule has 0 bridgehead atoms. The molecule has 132 valence electrons. The summed E-state index contributed by atoms with van der Waals surface area (Å²) in [6.45, 7) is 6.48. The van der Waals surface area contributed by atoms with Gasteiger partial charge in [0.15, 0.2) is 0 Å². The number of hydrogen-bond donors (Lipinski definition) is 1. The van der Waals surface area contributed by atoms with E-state index in [9.17, 15) is 13.2 Å². The number of anilines is 1. The first-order valence-corrected chi connectivity index (χ1v) is 10.2. The Kier molecular flexibility index (Phi) is 4.71. The van der Waals surface area contributed by atoms with Gasteiger partial charge in [0.2, 0.25) is 15.9 Å². The average Bonchev–Trinajstić information content (AvgIpc) is 2.95. The predicted octanol–water partition coefficient (Wildman–Crippen LogP) is 2.70. The van der Waals surface area contributed by atoms with Crippen molar-refractivity contribution in [3.05, 3.63) is 23.8 Å². The normalized spacial score (nSPS) is 27.1. The Balaban J connectivity index is 1.82. The monoisotopic (exact) mass is 350 g/mol. The molecule has 0 spiro atoms. The molecule has 1 aliphatic heterocycles. The lowest BCUT2D eigenvalue weighted by Gasteiger charge is -2.34. The Hall–Kier alpha value is -1.40. The summed E-state index contributed by atoms with van der Waals surface area (Å²) < 4.78 is 28.5. The molecule has 2 aliphatic rings. The molecule has 24 heavy (non-hydrogen) atoms. The highest BCUT2D eigenvalue weighted by Gasteiger charge is 2.31. The molecule has 3 atom stereocenters. The Morgan fingerprint density at radius 1 is 1.25 bits per heavy atom. The van der Waals surface area contributed by atoms with Crippen LogP contribution in [0.5, 0.6) is 0 Å². The fourth-order valence-corrected chi connectivity index (χ4v) is 5.30. The first-order valence-electron chi connectivity index (χ1n) is 8.73. The van der Waals surface area contributed by atoms with E-state index < -0.39 is 10.0 Å². The average molecular weight is 350 g/mol. The van der Waals surface area contributed by atoms with E-state index in [2.05, 4.69) is 18.6 Å². The van der Waals surface area contributed by atoms with Crippen molar-refractivity contribution in [2.24, 2.45) is 11.8 Å². The van der Waals surface area contributed by atoms with E-state index in [1.54, 1.807) is 23.1 Å². The Morgan fingerprint density at radius 3 is 2.71 bits per heavy atom. The molecule has 1 N–H and O–H groups in total. The third-order valence-electron chi connectivity index (χ3n) is 5.65. The van der Waals surface area contributed by atoms with Gasteiger partial charge in [0, 0.05) is 25.2 Å². The van der Waals surface area contributed by atoms with Gasteiger partial charge in [-0.1, -0.05) is 26.7 Å². The molecule has 1 saturated carbocycles. The zero-order valence-electron chi connectivity index (χ0n) is 14.6. The summed E-state index contributed by atoms with van der Waals surface area (Å²) in [5.41, 5.74) is 1.76. The molecule has 0 aromatic heterocycles. The third kappa shape index (κ3) is 3.22. The summed E-state index contributed by atoms with van der Waals surface area (Å²) in [5, 5.41) is 0. The lowest BCUT2D eigenvalue weighted by molar-refractivity contribution is -0.116. The molecule has 1 aromatic carbocycles. The van der Waals surface area contributed by atoms with Gasteiger partial charge in [-0.3, -0.25) is 4.79 Å². The fourth-order valence-electron chi connectivity index (χ4n) is 3.89. The van der Waals surface area contributed by atoms with Crippen LogP contribution in [-0.4, -0.2) is 26.9 Å². The summed E-state index contributed by atoms with van der Waals surface area (Å²) in [5.74, 6) is 0.874. The molecule has 0 radical (unpaired) electrons. The van der Waals surface area contributed by atoms with E-state index in [1.165, 1.54) is 13.3 Å². The van der Waals surface area contributed by atoms with Crippen molar-refractivity contribution in [2.45, 2.75) is 57.4 Å². The second kappa shape index (κ2) is 6.48. The highest BCUT2D eigenvalue weighted by molar-refractivity contribution is 7.89. The van der Waals surface area contributed by atoms with Crippen molar-refractivity contribution < 1.29 is 13.2 Å². The van der Waals surface area contributed by atoms with E-state index in [4.69, 9.17) is 0 Å². The standard InChI is InChI=1S/C18H26N2O3S/c1-12-5-4-6-17(13(12)2)19-24(22,23)16-7-8-18-15(11-16)9-10-20(18)14(3)21/h7-8,11-13,17,19H,4-6,9-10H2,1-3H3. The van der Waals surface area contributed by atoms with E-state index in [0.717, 1.165) is 24.1 Å². The SMILES string of the molecule is CC(=O)N1CCc2cc(S(=O)(=O)NC3CCCC(C)C3C)ccc21. The number of amides is 1. The topological polar surface area (TPSA) is 66.5 Å². The first-order chi connectivity index (χ1) is 11.3. The quantitative estimate of drug-likeness (QED) is 0.911. The second-order valence-electron chi connectivity index (χ2n) is 7.21. The zero-order chi connectivity index (χ0) is 17.5. The van der Waals surface area contributed by atoms with Crippen molar-refractivity contribution >= 4 is 21.6 Å². The molecule has 1 heterocycles. The van der Waals surface area contributed by atoms with Crippen LogP contribution >= 0.6 is 0 Å². The van der Waals surface area contributed by atoms with E-state index in [-0.39, 0.29) is 11.9 Å². The van der Waals surface area contributed by atoms with Crippen LogP contribution in [0.15, 0.2) is 23.1 Å². The van der Waals surface area contributed by atoms with Crippen molar-refractivity contribution in [1.82, 2.24) is 4.72 Å². The summed E-state index contributed by atoms with van der Waals surface area (Å²) in [6.07, 6.45) is 3.83. The number of rotatable bonds is 3. The number of carbonyl (C=O) groups excluding carboxylic acids is 1. The van der Waals surface area contributed by atoms with Crippen LogP contribution < -0.4 is 9.62 Å². The summed E-state index contributed by atoms with van der Waals surface area (Å²) in [7, 11) is -3.53. The number of nitrogens with zero attached hydrogens (tertiary/aromatic N) is 1. The molecule has 5 nitrogen and oxygen atoms in total. The number of carbonyl (C=O) groups is 1. The lowest BCUT2D eigenvalue weighted by atomic mass is 9.78. The van der Waals surface area contributed by atoms with Crippen molar-refractivity contribution in [2.75, 3.05) is 11.4 Å². The van der Waals surface area contributed by atoms with Crippen molar-refractivity contribution in [3.63, 3.8) is 0 Å². The molecule has 1 fully saturated rings. The lowest BCUT2D eigenvalue weighted by Crippen LogP contribution is -2.43. The van der Waals surface area contributed by atoms with Crippen LogP contribution in [0, 0.1) is 11.8 Å². The van der Waals surface area contributed by atoms with Crippen molar-refractivity contribution in [3.8, 4) is 0 Å². The van der Waals surface area contributed by atoms with Gasteiger partial charge in [0.25, 0.3) is 0 Å². The van der Waals surface area contributed by atoms with Gasteiger partial charge in [-0.05, 0) is 48.4 Å². The maximum atomic E-state index is 12.8. The Morgan fingerprint density at radius 2 is 2.00 bits per heavy atom. The van der Waals surface area contributed by atoms with Gasteiger partial charge in [-0.25, -0.2) is 13.1 Å². The molecular weight excluding hydrogens is 324 g/mol. The smallest absolute Gasteiger partial charge is 0.240 e. The number of fused-ring (bicyclic) bond motifs is 1. The van der Waals surface area contributed by atoms with Crippen LogP contribution in [0.3, 0.4) is 0 Å². The molecule has 1 aromatic rings. The van der Waals surface area contributed by atoms with Crippen LogP contribution in [0.4, 0.5) is 5.69 Å². The molecule has 0 saturated heterocycles. The van der Waals surface area contributed by atoms with E-state index in [0.29, 0.717) is 29.7 Å². The molecule has 3 unspecified atom stereocenters. The molecular formula is C18H26N2O3S. The third-order valence-corrected chi connectivity index (χ3v) is 7.14. The maximum absolute atomic E-state index is 12.8. The van der Waals surface area contributed by atoms with Crippen molar-refractivity contribution in [1.29, 1.82) is 0 Å². The molecule has 3 rings (SSSR count). The summed E-state index contributed by atoms with van der Waals surface area (Å²) in [6, 6.07) is 5.09. The van der Waals surface area contributed by atoms with Gasteiger partial charge in [-0.2, -0.15) is 0 Å². The number of sulfonamides is 1. The number of benzene rings is 1. The maximum Gasteiger partial charge on any atom is 0.240 e. The van der Waals surface area contributed by atoms with Gasteiger partial charge >= 0.3 is 0 Å². The largest absolute Gasteiger partial charge is 0.312 e. The summed E-state index contributed by atoms with van der Waals surface area (Å²) >= 11 is 0. The zero-order valence-corrected chi connectivity index (χ0v) is 15.4. The van der Waals surface area contributed by atoms with Gasteiger partial charge < -0.3 is 4.90 Å². The fraction of sp³-hybridized carbons (Fsp3) is 0.611. The van der Waals surface area contributed by atoms with E-state index in [1.807, 2.05) is 0 Å². The highest BCUT2D eigenvalue weighted by Crippen LogP contribution is 2.32. The second-order valence-corrected chi connectivity index (χ2v) is 8.92. The number of nitrogens with one attached hydrogen (secondary N) is 1. The minimum atomic E-state index is -3.53.